The molecule has 2 N–H and O–H groups in total. The molecule has 6 heteroatoms. The highest BCUT2D eigenvalue weighted by molar-refractivity contribution is 9.10. The Bertz CT molecular complexity index is 743. The van der Waals surface area contributed by atoms with Gasteiger partial charge >= 0.3 is 0 Å². The van der Waals surface area contributed by atoms with Crippen LogP contribution in [0.15, 0.2) is 29.1 Å². The first kappa shape index (κ1) is 13.3. The number of hydrogen-bond donors (Lipinski definition) is 2. The van der Waals surface area contributed by atoms with Crippen molar-refractivity contribution in [2.45, 2.75) is 6.42 Å². The molecular weight excluding hydrogens is 318 g/mol. The normalized spacial score (nSPS) is 11.3. The minimum Gasteiger partial charge on any atom is -0.345 e. The molecule has 0 radical (unpaired) electrons. The van der Waals surface area contributed by atoms with Crippen LogP contribution in [0.2, 0.25) is 0 Å². The van der Waals surface area contributed by atoms with Crippen LogP contribution < -0.4 is 5.32 Å². The van der Waals surface area contributed by atoms with E-state index >= 15 is 0 Å². The fourth-order valence-corrected chi connectivity index (χ4v) is 2.77. The number of nitrogens with zero attached hydrogens (tertiary/aromatic N) is 3. The molecule has 3 aromatic rings. The lowest BCUT2D eigenvalue weighted by atomic mass is 10.1. The van der Waals surface area contributed by atoms with Gasteiger partial charge in [0, 0.05) is 25.6 Å². The van der Waals surface area contributed by atoms with Gasteiger partial charge in [-0.15, -0.1) is 0 Å². The Morgan fingerprint density at radius 3 is 3.05 bits per heavy atom. The van der Waals surface area contributed by atoms with Crippen LogP contribution in [0.25, 0.3) is 22.3 Å². The maximum absolute atomic E-state index is 4.75. The summed E-state index contributed by atoms with van der Waals surface area (Å²) < 4.78 is 3.09. The summed E-state index contributed by atoms with van der Waals surface area (Å²) in [6.07, 6.45) is 2.61. The van der Waals surface area contributed by atoms with Crippen molar-refractivity contribution < 1.29 is 0 Å². The van der Waals surface area contributed by atoms with E-state index < -0.39 is 0 Å². The molecule has 2 aromatic heterocycles. The van der Waals surface area contributed by atoms with Crippen LogP contribution in [0.4, 0.5) is 0 Å². The second kappa shape index (κ2) is 5.38. The minimum atomic E-state index is 0.901. The number of halogens is 1. The van der Waals surface area contributed by atoms with E-state index in [1.165, 1.54) is 0 Å². The summed E-state index contributed by atoms with van der Waals surface area (Å²) in [5, 5.41) is 3.15. The van der Waals surface area contributed by atoms with Crippen LogP contribution in [-0.4, -0.2) is 33.1 Å². The molecule has 0 unspecified atom stereocenters. The van der Waals surface area contributed by atoms with Gasteiger partial charge in [0.15, 0.2) is 0 Å². The first-order valence-corrected chi connectivity index (χ1v) is 7.29. The third-order valence-corrected chi connectivity index (χ3v) is 4.32. The van der Waals surface area contributed by atoms with Crippen LogP contribution in [-0.2, 0) is 13.5 Å². The van der Waals surface area contributed by atoms with E-state index in [2.05, 4.69) is 47.9 Å². The Balaban J connectivity index is 2.04. The van der Waals surface area contributed by atoms with E-state index in [1.54, 1.807) is 6.33 Å². The summed E-state index contributed by atoms with van der Waals surface area (Å²) in [5.74, 6) is 1.06. The Labute approximate surface area is 125 Å². The summed E-state index contributed by atoms with van der Waals surface area (Å²) in [4.78, 5) is 12.1. The monoisotopic (exact) mass is 333 g/mol. The number of imidazole rings is 2. The van der Waals surface area contributed by atoms with Crippen molar-refractivity contribution in [3.63, 3.8) is 0 Å². The van der Waals surface area contributed by atoms with Crippen molar-refractivity contribution in [1.29, 1.82) is 0 Å². The number of aromatic amines is 1. The predicted octanol–water partition coefficient (Wildman–Crippen LogP) is 2.49. The van der Waals surface area contributed by atoms with Crippen LogP contribution in [0.1, 0.15) is 5.82 Å². The molecule has 0 atom stereocenters. The molecule has 104 valence electrons. The van der Waals surface area contributed by atoms with Crippen LogP contribution in [0.3, 0.4) is 0 Å². The number of nitrogens with one attached hydrogen (secondary N) is 2. The van der Waals surface area contributed by atoms with Crippen molar-refractivity contribution in [3.05, 3.63) is 35.0 Å². The number of hydrogen-bond acceptors (Lipinski definition) is 3. The summed E-state index contributed by atoms with van der Waals surface area (Å²) in [7, 11) is 3.98. The highest BCUT2D eigenvalue weighted by atomic mass is 79.9. The lowest BCUT2D eigenvalue weighted by Crippen LogP contribution is -2.13. The number of fused-ring (bicyclic) bond motifs is 1. The number of likely N-dealkylation sites (N-methyl/N-ethyl adjacent to an activating group) is 1. The van der Waals surface area contributed by atoms with Gasteiger partial charge in [-0.25, -0.2) is 9.97 Å². The van der Waals surface area contributed by atoms with Crippen LogP contribution >= 0.6 is 15.9 Å². The molecule has 0 spiro atoms. The molecule has 2 heterocycles. The average molecular weight is 334 g/mol. The molecule has 3 rings (SSSR count). The molecular formula is C14H16BrN5. The second-order valence-electron chi connectivity index (χ2n) is 4.71. The molecule has 0 aliphatic carbocycles. The average Bonchev–Trinajstić information content (AvgIpc) is 3.03. The third kappa shape index (κ3) is 2.25. The van der Waals surface area contributed by atoms with E-state index in [0.717, 1.165) is 45.7 Å². The molecule has 20 heavy (non-hydrogen) atoms. The maximum atomic E-state index is 4.75. The molecule has 0 fully saturated rings. The number of rotatable bonds is 4. The lowest BCUT2D eigenvalue weighted by molar-refractivity contribution is 0.713. The minimum absolute atomic E-state index is 0.901. The summed E-state index contributed by atoms with van der Waals surface area (Å²) in [6, 6.07) is 6.14. The molecule has 0 saturated carbocycles. The Hall–Kier alpha value is -1.66. The van der Waals surface area contributed by atoms with Crippen molar-refractivity contribution in [3.8, 4) is 11.3 Å². The quantitative estimate of drug-likeness (QED) is 0.771. The number of aromatic nitrogens is 4. The topological polar surface area (TPSA) is 58.5 Å². The Kier molecular flexibility index (Phi) is 3.58. The van der Waals surface area contributed by atoms with Gasteiger partial charge in [0.1, 0.15) is 16.1 Å². The predicted molar refractivity (Wildman–Crippen MR) is 83.6 cm³/mol. The van der Waals surface area contributed by atoms with E-state index in [9.17, 15) is 0 Å². The smallest absolute Gasteiger partial charge is 0.112 e. The highest BCUT2D eigenvalue weighted by Gasteiger charge is 2.14. The first-order chi connectivity index (χ1) is 9.70. The van der Waals surface area contributed by atoms with Gasteiger partial charge in [-0.05, 0) is 35.1 Å². The standard InChI is InChI=1S/C14H16BrN5/c1-16-6-5-12-19-13(14(15)20(12)2)9-3-4-10-11(7-9)18-8-17-10/h3-4,7-8,16H,5-6H2,1-2H3,(H,17,18). The number of benzene rings is 1. The molecule has 1 aromatic carbocycles. The highest BCUT2D eigenvalue weighted by Crippen LogP contribution is 2.29. The van der Waals surface area contributed by atoms with Crippen molar-refractivity contribution in [1.82, 2.24) is 24.8 Å². The van der Waals surface area contributed by atoms with Gasteiger partial charge in [-0.3, -0.25) is 0 Å². The van der Waals surface area contributed by atoms with E-state index in [1.807, 2.05) is 20.2 Å². The molecule has 5 nitrogen and oxygen atoms in total. The summed E-state index contributed by atoms with van der Waals surface area (Å²) >= 11 is 3.64. The van der Waals surface area contributed by atoms with Crippen LogP contribution in [0.5, 0.6) is 0 Å². The fourth-order valence-electron chi connectivity index (χ4n) is 2.25. The Morgan fingerprint density at radius 2 is 2.25 bits per heavy atom. The van der Waals surface area contributed by atoms with Crippen molar-refractivity contribution in [2.24, 2.45) is 7.05 Å². The SMILES string of the molecule is CNCCc1nc(-c2ccc3nc[nH]c3c2)c(Br)n1C. The molecule has 0 bridgehead atoms. The zero-order valence-corrected chi connectivity index (χ0v) is 13.0. The van der Waals surface area contributed by atoms with Gasteiger partial charge in [-0.2, -0.15) is 0 Å². The van der Waals surface area contributed by atoms with Gasteiger partial charge in [-0.1, -0.05) is 6.07 Å². The fraction of sp³-hybridized carbons (Fsp3) is 0.286. The molecule has 0 saturated heterocycles. The van der Waals surface area contributed by atoms with Crippen molar-refractivity contribution >= 4 is 27.0 Å². The molecule has 0 aliphatic heterocycles. The van der Waals surface area contributed by atoms with E-state index in [0.29, 0.717) is 0 Å². The number of H-pyrrole nitrogens is 1. The largest absolute Gasteiger partial charge is 0.345 e. The van der Waals surface area contributed by atoms with Crippen LogP contribution in [0, 0.1) is 0 Å². The van der Waals surface area contributed by atoms with Gasteiger partial charge in [0.2, 0.25) is 0 Å². The van der Waals surface area contributed by atoms with E-state index in [-0.39, 0.29) is 0 Å². The Morgan fingerprint density at radius 1 is 1.40 bits per heavy atom. The van der Waals surface area contributed by atoms with E-state index in [4.69, 9.17) is 4.98 Å². The second-order valence-corrected chi connectivity index (χ2v) is 5.47. The zero-order chi connectivity index (χ0) is 14.1. The summed E-state index contributed by atoms with van der Waals surface area (Å²) in [5.41, 5.74) is 4.04. The van der Waals surface area contributed by atoms with Gasteiger partial charge < -0.3 is 14.9 Å². The molecule has 0 aliphatic rings. The lowest BCUT2D eigenvalue weighted by Gasteiger charge is -2.01. The summed E-state index contributed by atoms with van der Waals surface area (Å²) in [6.45, 7) is 0.913. The van der Waals surface area contributed by atoms with Gasteiger partial charge in [0.05, 0.1) is 17.4 Å². The zero-order valence-electron chi connectivity index (χ0n) is 11.4. The third-order valence-electron chi connectivity index (χ3n) is 3.41. The molecule has 0 amide bonds. The van der Waals surface area contributed by atoms with Gasteiger partial charge in [0.25, 0.3) is 0 Å². The maximum Gasteiger partial charge on any atom is 0.112 e. The first-order valence-electron chi connectivity index (χ1n) is 6.50. The van der Waals surface area contributed by atoms with Crippen molar-refractivity contribution in [2.75, 3.05) is 13.6 Å².